The standard InChI is InChI=1S/C17H22N2OS/c1-12-3-5-14(6-4-12)16-15(21-17(20)18-16)11-19-9-7-13(2)8-10-19/h3-6,13H,7-11H2,1-2H3,(H,18,20). The van der Waals surface area contributed by atoms with Crippen molar-refractivity contribution in [2.75, 3.05) is 13.1 Å². The van der Waals surface area contributed by atoms with Crippen molar-refractivity contribution < 1.29 is 0 Å². The van der Waals surface area contributed by atoms with E-state index in [0.717, 1.165) is 36.8 Å². The van der Waals surface area contributed by atoms with Gasteiger partial charge in [-0.3, -0.25) is 9.69 Å². The van der Waals surface area contributed by atoms with Gasteiger partial charge >= 0.3 is 4.87 Å². The van der Waals surface area contributed by atoms with E-state index in [1.807, 2.05) is 0 Å². The molecule has 1 aromatic carbocycles. The molecule has 1 saturated heterocycles. The molecule has 1 aromatic heterocycles. The molecule has 3 nitrogen and oxygen atoms in total. The maximum absolute atomic E-state index is 11.8. The molecule has 21 heavy (non-hydrogen) atoms. The Hall–Kier alpha value is -1.39. The van der Waals surface area contributed by atoms with Gasteiger partial charge in [-0.25, -0.2) is 0 Å². The lowest BCUT2D eigenvalue weighted by Crippen LogP contribution is -2.32. The van der Waals surface area contributed by atoms with E-state index >= 15 is 0 Å². The molecule has 0 spiro atoms. The first-order valence-corrected chi connectivity index (χ1v) is 8.45. The fourth-order valence-corrected chi connectivity index (χ4v) is 3.74. The fourth-order valence-electron chi connectivity index (χ4n) is 2.85. The number of nitrogens with zero attached hydrogens (tertiary/aromatic N) is 1. The molecule has 0 radical (unpaired) electrons. The smallest absolute Gasteiger partial charge is 0.305 e. The zero-order valence-electron chi connectivity index (χ0n) is 12.7. The predicted molar refractivity (Wildman–Crippen MR) is 88.8 cm³/mol. The molecule has 1 N–H and O–H groups in total. The van der Waals surface area contributed by atoms with Gasteiger partial charge < -0.3 is 4.98 Å². The Balaban J connectivity index is 1.82. The van der Waals surface area contributed by atoms with Crippen LogP contribution >= 0.6 is 11.3 Å². The van der Waals surface area contributed by atoms with Crippen molar-refractivity contribution in [1.29, 1.82) is 0 Å². The number of benzene rings is 1. The van der Waals surface area contributed by atoms with Gasteiger partial charge in [0.1, 0.15) is 0 Å². The van der Waals surface area contributed by atoms with E-state index in [1.165, 1.54) is 34.6 Å². The van der Waals surface area contributed by atoms with Crippen LogP contribution in [0.5, 0.6) is 0 Å². The van der Waals surface area contributed by atoms with E-state index in [9.17, 15) is 4.79 Å². The molecular weight excluding hydrogens is 280 g/mol. The molecular formula is C17H22N2OS. The summed E-state index contributed by atoms with van der Waals surface area (Å²) in [7, 11) is 0. The Morgan fingerprint density at radius 1 is 1.24 bits per heavy atom. The zero-order chi connectivity index (χ0) is 14.8. The van der Waals surface area contributed by atoms with Crippen LogP contribution in [0.1, 0.15) is 30.2 Å². The summed E-state index contributed by atoms with van der Waals surface area (Å²) in [6.45, 7) is 7.57. The summed E-state index contributed by atoms with van der Waals surface area (Å²) in [5.74, 6) is 0.836. The van der Waals surface area contributed by atoms with Gasteiger partial charge in [-0.1, -0.05) is 48.1 Å². The van der Waals surface area contributed by atoms with Gasteiger partial charge in [-0.15, -0.1) is 0 Å². The molecule has 3 rings (SSSR count). The van der Waals surface area contributed by atoms with Gasteiger partial charge in [0.2, 0.25) is 0 Å². The second-order valence-corrected chi connectivity index (χ2v) is 7.21. The maximum atomic E-state index is 11.8. The lowest BCUT2D eigenvalue weighted by atomic mass is 9.99. The molecule has 2 heterocycles. The number of aromatic amines is 1. The van der Waals surface area contributed by atoms with E-state index < -0.39 is 0 Å². The quantitative estimate of drug-likeness (QED) is 0.939. The van der Waals surface area contributed by atoms with Crippen LogP contribution in [0.15, 0.2) is 29.1 Å². The van der Waals surface area contributed by atoms with E-state index in [1.54, 1.807) is 0 Å². The summed E-state index contributed by atoms with van der Waals surface area (Å²) in [6, 6.07) is 8.37. The second-order valence-electron chi connectivity index (χ2n) is 6.14. The van der Waals surface area contributed by atoms with E-state index in [-0.39, 0.29) is 4.87 Å². The number of piperidine rings is 1. The molecule has 4 heteroatoms. The molecule has 0 atom stereocenters. The van der Waals surface area contributed by atoms with Gasteiger partial charge in [-0.2, -0.15) is 0 Å². The summed E-state index contributed by atoms with van der Waals surface area (Å²) in [5, 5.41) is 0. The SMILES string of the molecule is Cc1ccc(-c2[nH]c(=O)sc2CN2CCC(C)CC2)cc1. The van der Waals surface area contributed by atoms with Crippen LogP contribution in [0.3, 0.4) is 0 Å². The number of nitrogens with one attached hydrogen (secondary N) is 1. The number of rotatable bonds is 3. The van der Waals surface area contributed by atoms with Crippen molar-refractivity contribution in [3.8, 4) is 11.3 Å². The minimum absolute atomic E-state index is 0.0472. The molecule has 112 valence electrons. The Morgan fingerprint density at radius 2 is 1.90 bits per heavy atom. The third-order valence-corrected chi connectivity index (χ3v) is 5.17. The van der Waals surface area contributed by atoms with Crippen LogP contribution in [-0.4, -0.2) is 23.0 Å². The van der Waals surface area contributed by atoms with Crippen molar-refractivity contribution in [2.24, 2.45) is 5.92 Å². The first kappa shape index (κ1) is 14.5. The van der Waals surface area contributed by atoms with Crippen LogP contribution in [0.4, 0.5) is 0 Å². The average molecular weight is 302 g/mol. The van der Waals surface area contributed by atoms with Gasteiger partial charge in [0.25, 0.3) is 0 Å². The van der Waals surface area contributed by atoms with Crippen molar-refractivity contribution in [3.05, 3.63) is 44.4 Å². The molecule has 1 aliphatic rings. The first-order chi connectivity index (χ1) is 10.1. The van der Waals surface area contributed by atoms with Crippen LogP contribution in [-0.2, 0) is 6.54 Å². The summed E-state index contributed by atoms with van der Waals surface area (Å²) >= 11 is 1.36. The van der Waals surface area contributed by atoms with Gasteiger partial charge in [0.15, 0.2) is 0 Å². The Morgan fingerprint density at radius 3 is 2.57 bits per heavy atom. The first-order valence-electron chi connectivity index (χ1n) is 7.63. The number of H-pyrrole nitrogens is 1. The Labute approximate surface area is 129 Å². The highest BCUT2D eigenvalue weighted by Gasteiger charge is 2.19. The normalized spacial score (nSPS) is 17.2. The highest BCUT2D eigenvalue weighted by molar-refractivity contribution is 7.09. The molecule has 1 fully saturated rings. The van der Waals surface area contributed by atoms with Crippen molar-refractivity contribution >= 4 is 11.3 Å². The summed E-state index contributed by atoms with van der Waals surface area (Å²) in [4.78, 5) is 18.5. The van der Waals surface area contributed by atoms with Gasteiger partial charge in [0, 0.05) is 11.4 Å². The lowest BCUT2D eigenvalue weighted by Gasteiger charge is -2.29. The van der Waals surface area contributed by atoms with Crippen LogP contribution in [0.2, 0.25) is 0 Å². The zero-order valence-corrected chi connectivity index (χ0v) is 13.5. The summed E-state index contributed by atoms with van der Waals surface area (Å²) < 4.78 is 0. The lowest BCUT2D eigenvalue weighted by molar-refractivity contribution is 0.187. The van der Waals surface area contributed by atoms with Crippen LogP contribution < -0.4 is 4.87 Å². The summed E-state index contributed by atoms with van der Waals surface area (Å²) in [5.41, 5.74) is 3.35. The largest absolute Gasteiger partial charge is 0.312 e. The average Bonchev–Trinajstić information content (AvgIpc) is 2.83. The molecule has 1 aliphatic heterocycles. The summed E-state index contributed by atoms with van der Waals surface area (Å²) in [6.07, 6.45) is 2.53. The molecule has 0 bridgehead atoms. The van der Waals surface area contributed by atoms with Crippen molar-refractivity contribution in [3.63, 3.8) is 0 Å². The number of likely N-dealkylation sites (tertiary alicyclic amines) is 1. The highest BCUT2D eigenvalue weighted by atomic mass is 32.1. The van der Waals surface area contributed by atoms with Gasteiger partial charge in [0.05, 0.1) is 5.69 Å². The molecule has 0 aliphatic carbocycles. The maximum Gasteiger partial charge on any atom is 0.305 e. The number of thiazole rings is 1. The third-order valence-electron chi connectivity index (χ3n) is 4.31. The predicted octanol–water partition coefficient (Wildman–Crippen LogP) is 3.64. The fraction of sp³-hybridized carbons (Fsp3) is 0.471. The number of hydrogen-bond donors (Lipinski definition) is 1. The molecule has 0 saturated carbocycles. The monoisotopic (exact) mass is 302 g/mol. The minimum Gasteiger partial charge on any atom is -0.312 e. The number of hydrogen-bond acceptors (Lipinski definition) is 3. The third kappa shape index (κ3) is 3.44. The van der Waals surface area contributed by atoms with Gasteiger partial charge in [-0.05, 0) is 44.3 Å². The molecule has 0 unspecified atom stereocenters. The van der Waals surface area contributed by atoms with E-state index in [2.05, 4.69) is 48.0 Å². The van der Waals surface area contributed by atoms with Crippen molar-refractivity contribution in [2.45, 2.75) is 33.2 Å². The van der Waals surface area contributed by atoms with E-state index in [0.29, 0.717) is 0 Å². The second kappa shape index (κ2) is 6.16. The van der Waals surface area contributed by atoms with Crippen molar-refractivity contribution in [1.82, 2.24) is 9.88 Å². The molecule has 2 aromatic rings. The van der Waals surface area contributed by atoms with E-state index in [4.69, 9.17) is 0 Å². The highest BCUT2D eigenvalue weighted by Crippen LogP contribution is 2.26. The minimum atomic E-state index is 0.0472. The Kier molecular flexibility index (Phi) is 4.27. The van der Waals surface area contributed by atoms with Crippen LogP contribution in [0.25, 0.3) is 11.3 Å². The Bertz CT molecular complexity index is 648. The molecule has 0 amide bonds. The topological polar surface area (TPSA) is 36.1 Å². The van der Waals surface area contributed by atoms with Crippen LogP contribution in [0, 0.1) is 12.8 Å². The number of aryl methyl sites for hydroxylation is 1. The number of aromatic nitrogens is 1.